The minimum Gasteiger partial charge on any atom is -0.325 e. The van der Waals surface area contributed by atoms with Crippen LogP contribution in [0, 0.1) is 0 Å². The van der Waals surface area contributed by atoms with E-state index in [1.54, 1.807) is 16.8 Å². The topological polar surface area (TPSA) is 109 Å². The zero-order chi connectivity index (χ0) is 31.7. The van der Waals surface area contributed by atoms with Gasteiger partial charge in [-0.15, -0.1) is 5.10 Å². The molecule has 1 fully saturated rings. The zero-order valence-electron chi connectivity index (χ0n) is 27.1. The molecule has 1 aliphatic carbocycles. The number of aromatic amines is 1. The number of rotatable bonds is 16. The van der Waals surface area contributed by atoms with Crippen molar-refractivity contribution in [2.45, 2.75) is 146 Å². The molecule has 4 rings (SSSR count). The maximum atomic E-state index is 13.8. The summed E-state index contributed by atoms with van der Waals surface area (Å²) in [5.41, 5.74) is 2.44. The van der Waals surface area contributed by atoms with E-state index in [1.165, 1.54) is 44.9 Å². The Morgan fingerprint density at radius 1 is 1.02 bits per heavy atom. The van der Waals surface area contributed by atoms with Crippen LogP contribution in [0.1, 0.15) is 136 Å². The number of H-pyrrole nitrogens is 1. The fraction of sp³-hybridized carbons (Fsp3) is 0.676. The standard InChI is InChI=1S/C34H52ClN5O3S/c1-5-6-7-8-9-10-11-12-13-17-23-28(44(42,43)27-21-15-14-16-22-27)33(41)36-26-20-18-19-25(24-26)31-37-32-29(35)30(34(2,3)4)38-40(32)39-31/h18-20,24,27-28,38H,5-17,21-23H2,1-4H3,(H,36,41). The lowest BCUT2D eigenvalue weighted by Crippen LogP contribution is -2.41. The molecule has 1 amide bonds. The van der Waals surface area contributed by atoms with Gasteiger partial charge in [0.1, 0.15) is 10.3 Å². The number of benzene rings is 1. The molecule has 0 bridgehead atoms. The van der Waals surface area contributed by atoms with Gasteiger partial charge in [0.05, 0.1) is 10.9 Å². The number of fused-ring (bicyclic) bond motifs is 1. The van der Waals surface area contributed by atoms with Crippen LogP contribution in [0.4, 0.5) is 5.69 Å². The molecule has 0 spiro atoms. The van der Waals surface area contributed by atoms with E-state index in [0.717, 1.165) is 44.2 Å². The predicted molar refractivity (Wildman–Crippen MR) is 181 cm³/mol. The predicted octanol–water partition coefficient (Wildman–Crippen LogP) is 9.04. The van der Waals surface area contributed by atoms with Crippen LogP contribution in [0.25, 0.3) is 17.0 Å². The Balaban J connectivity index is 1.42. The van der Waals surface area contributed by atoms with Crippen molar-refractivity contribution in [2.24, 2.45) is 0 Å². The Kier molecular flexibility index (Phi) is 12.3. The average Bonchev–Trinajstić information content (AvgIpc) is 3.55. The number of unbranched alkanes of at least 4 members (excludes halogenated alkanes) is 9. The number of anilines is 1. The fourth-order valence-electron chi connectivity index (χ4n) is 6.26. The molecule has 1 unspecified atom stereocenters. The van der Waals surface area contributed by atoms with Crippen LogP contribution in [-0.4, -0.2) is 44.6 Å². The SMILES string of the molecule is CCCCCCCCCCCCC(C(=O)Nc1cccc(-c2nc3c(Cl)c(C(C)(C)C)[nH]n3n2)c1)S(=O)(=O)C1CCCCC1. The van der Waals surface area contributed by atoms with E-state index in [-0.39, 0.29) is 5.41 Å². The Bertz CT molecular complexity index is 1470. The highest BCUT2D eigenvalue weighted by molar-refractivity contribution is 7.93. The number of nitrogens with one attached hydrogen (secondary N) is 2. The first-order chi connectivity index (χ1) is 21.0. The van der Waals surface area contributed by atoms with E-state index in [0.29, 0.717) is 47.0 Å². The van der Waals surface area contributed by atoms with E-state index in [2.05, 4.69) is 48.2 Å². The summed E-state index contributed by atoms with van der Waals surface area (Å²) in [6, 6.07) is 7.24. The lowest BCUT2D eigenvalue weighted by Gasteiger charge is -2.26. The number of amides is 1. The second-order valence-corrected chi connectivity index (χ2v) is 16.4. The lowest BCUT2D eigenvalue weighted by atomic mass is 9.92. The molecule has 0 aliphatic heterocycles. The summed E-state index contributed by atoms with van der Waals surface area (Å²) < 4.78 is 29.2. The first-order valence-corrected chi connectivity index (χ1v) is 18.8. The van der Waals surface area contributed by atoms with Crippen molar-refractivity contribution in [1.29, 1.82) is 0 Å². The number of aromatic nitrogens is 4. The van der Waals surface area contributed by atoms with Crippen LogP contribution in [0.5, 0.6) is 0 Å². The molecule has 8 nitrogen and oxygen atoms in total. The second-order valence-electron chi connectivity index (χ2n) is 13.6. The lowest BCUT2D eigenvalue weighted by molar-refractivity contribution is -0.116. The smallest absolute Gasteiger partial charge is 0.242 e. The van der Waals surface area contributed by atoms with Crippen LogP contribution in [0.15, 0.2) is 24.3 Å². The summed E-state index contributed by atoms with van der Waals surface area (Å²) in [4.78, 5) is 18.3. The van der Waals surface area contributed by atoms with Crippen molar-refractivity contribution in [2.75, 3.05) is 5.32 Å². The molecule has 44 heavy (non-hydrogen) atoms. The van der Waals surface area contributed by atoms with Crippen LogP contribution in [0.3, 0.4) is 0 Å². The van der Waals surface area contributed by atoms with Crippen molar-refractivity contribution >= 4 is 38.7 Å². The monoisotopic (exact) mass is 645 g/mol. The molecule has 1 aromatic carbocycles. The third kappa shape index (κ3) is 8.87. The van der Waals surface area contributed by atoms with Gasteiger partial charge in [0.2, 0.25) is 5.91 Å². The molecular formula is C34H52ClN5O3S. The summed E-state index contributed by atoms with van der Waals surface area (Å²) in [7, 11) is -3.61. The minimum absolute atomic E-state index is 0.188. The zero-order valence-corrected chi connectivity index (χ0v) is 28.7. The highest BCUT2D eigenvalue weighted by Gasteiger charge is 2.39. The van der Waals surface area contributed by atoms with Crippen molar-refractivity contribution in [1.82, 2.24) is 19.8 Å². The summed E-state index contributed by atoms with van der Waals surface area (Å²) >= 11 is 6.62. The first-order valence-electron chi connectivity index (χ1n) is 16.8. The molecular weight excluding hydrogens is 594 g/mol. The fourth-order valence-corrected chi connectivity index (χ4v) is 9.02. The van der Waals surface area contributed by atoms with Gasteiger partial charge >= 0.3 is 0 Å². The largest absolute Gasteiger partial charge is 0.325 e. The van der Waals surface area contributed by atoms with E-state index in [4.69, 9.17) is 11.6 Å². The molecule has 1 saturated carbocycles. The van der Waals surface area contributed by atoms with E-state index in [1.807, 2.05) is 12.1 Å². The van der Waals surface area contributed by atoms with Crippen molar-refractivity contribution < 1.29 is 13.2 Å². The number of carbonyl (C=O) groups is 1. The van der Waals surface area contributed by atoms with Gasteiger partial charge in [-0.3, -0.25) is 9.89 Å². The number of sulfone groups is 1. The Hall–Kier alpha value is -2.39. The summed E-state index contributed by atoms with van der Waals surface area (Å²) in [5, 5.41) is 9.80. The molecule has 3 aromatic rings. The van der Waals surface area contributed by atoms with Crippen molar-refractivity contribution in [3.05, 3.63) is 35.0 Å². The highest BCUT2D eigenvalue weighted by atomic mass is 35.5. The number of nitrogens with zero attached hydrogens (tertiary/aromatic N) is 3. The number of hydrogen-bond donors (Lipinski definition) is 2. The quantitative estimate of drug-likeness (QED) is 0.151. The molecule has 10 heteroatoms. The third-order valence-corrected chi connectivity index (χ3v) is 11.9. The van der Waals surface area contributed by atoms with E-state index >= 15 is 0 Å². The van der Waals surface area contributed by atoms with Gasteiger partial charge in [0.25, 0.3) is 0 Å². The van der Waals surface area contributed by atoms with Crippen LogP contribution in [-0.2, 0) is 20.0 Å². The molecule has 2 aromatic heterocycles. The first kappa shape index (κ1) is 34.5. The third-order valence-electron chi connectivity index (χ3n) is 8.90. The molecule has 2 N–H and O–H groups in total. The summed E-state index contributed by atoms with van der Waals surface area (Å²) in [6.07, 6.45) is 16.2. The Morgan fingerprint density at radius 2 is 1.66 bits per heavy atom. The van der Waals surface area contributed by atoms with Gasteiger partial charge in [-0.1, -0.05) is 135 Å². The van der Waals surface area contributed by atoms with Crippen LogP contribution >= 0.6 is 11.6 Å². The van der Waals surface area contributed by atoms with Gasteiger partial charge < -0.3 is 5.32 Å². The highest BCUT2D eigenvalue weighted by Crippen LogP contribution is 2.33. The van der Waals surface area contributed by atoms with Crippen LogP contribution in [0.2, 0.25) is 5.02 Å². The van der Waals surface area contributed by atoms with Gasteiger partial charge in [0, 0.05) is 16.7 Å². The Morgan fingerprint density at radius 3 is 2.27 bits per heavy atom. The van der Waals surface area contributed by atoms with Crippen molar-refractivity contribution in [3.8, 4) is 11.4 Å². The average molecular weight is 646 g/mol. The maximum absolute atomic E-state index is 13.8. The summed E-state index contributed by atoms with van der Waals surface area (Å²) in [5.74, 6) is 0.0258. The Labute approximate surface area is 269 Å². The number of halogens is 1. The second kappa shape index (κ2) is 15.7. The maximum Gasteiger partial charge on any atom is 0.242 e. The molecule has 0 saturated heterocycles. The molecule has 1 atom stereocenters. The van der Waals surface area contributed by atoms with Gasteiger partial charge in [-0.05, 0) is 31.4 Å². The molecule has 2 heterocycles. The van der Waals surface area contributed by atoms with Gasteiger partial charge in [0.15, 0.2) is 21.3 Å². The normalized spacial score (nSPS) is 15.6. The minimum atomic E-state index is -3.61. The number of carbonyl (C=O) groups excluding carboxylic acids is 1. The molecule has 0 radical (unpaired) electrons. The summed E-state index contributed by atoms with van der Waals surface area (Å²) in [6.45, 7) is 8.43. The number of hydrogen-bond acceptors (Lipinski definition) is 5. The van der Waals surface area contributed by atoms with Gasteiger partial charge in [-0.25, -0.2) is 13.4 Å². The molecule has 244 valence electrons. The van der Waals surface area contributed by atoms with E-state index in [9.17, 15) is 13.2 Å². The van der Waals surface area contributed by atoms with Crippen LogP contribution < -0.4 is 5.32 Å². The van der Waals surface area contributed by atoms with Gasteiger partial charge in [-0.2, -0.15) is 4.63 Å². The van der Waals surface area contributed by atoms with E-state index < -0.39 is 26.2 Å². The molecule has 1 aliphatic rings. The van der Waals surface area contributed by atoms with Crippen molar-refractivity contribution in [3.63, 3.8) is 0 Å².